The van der Waals surface area contributed by atoms with Crippen LogP contribution in [0.3, 0.4) is 0 Å². The van der Waals surface area contributed by atoms with Gasteiger partial charge in [-0.2, -0.15) is 0 Å². The van der Waals surface area contributed by atoms with Crippen molar-refractivity contribution in [1.82, 2.24) is 0 Å². The molecule has 1 aromatic carbocycles. The van der Waals surface area contributed by atoms with Crippen LogP contribution in [0.25, 0.3) is 0 Å². The van der Waals surface area contributed by atoms with Crippen LogP contribution in [0.15, 0.2) is 24.3 Å². The van der Waals surface area contributed by atoms with Crippen LogP contribution in [-0.4, -0.2) is 31.6 Å². The minimum atomic E-state index is -0.568. The maximum absolute atomic E-state index is 12.2. The van der Waals surface area contributed by atoms with Crippen molar-refractivity contribution < 1.29 is 14.3 Å². The first-order valence-electron chi connectivity index (χ1n) is 5.85. The molecule has 96 valence electrons. The van der Waals surface area contributed by atoms with Gasteiger partial charge in [0.05, 0.1) is 13.2 Å². The van der Waals surface area contributed by atoms with Gasteiger partial charge < -0.3 is 10.5 Å². The molecule has 5 nitrogen and oxygen atoms in total. The fourth-order valence-electron chi connectivity index (χ4n) is 2.10. The largest absolute Gasteiger partial charge is 0.468 e. The number of hydrogen-bond donors (Lipinski definition) is 1. The van der Waals surface area contributed by atoms with Gasteiger partial charge in [-0.1, -0.05) is 18.2 Å². The lowest BCUT2D eigenvalue weighted by Gasteiger charge is -2.23. The normalized spacial score (nSPS) is 19.1. The first-order valence-corrected chi connectivity index (χ1v) is 5.85. The van der Waals surface area contributed by atoms with Crippen LogP contribution in [0.5, 0.6) is 0 Å². The molecule has 0 aliphatic carbocycles. The number of esters is 1. The molecule has 1 atom stereocenters. The Labute approximate surface area is 106 Å². The molecular weight excluding hydrogens is 232 g/mol. The number of fused-ring (bicyclic) bond motifs is 1. The Morgan fingerprint density at radius 2 is 2.22 bits per heavy atom. The lowest BCUT2D eigenvalue weighted by atomic mass is 10.1. The summed E-state index contributed by atoms with van der Waals surface area (Å²) in [5, 5.41) is 0. The number of rotatable bonds is 2. The second-order valence-corrected chi connectivity index (χ2v) is 4.27. The number of para-hydroxylation sites is 1. The average molecular weight is 248 g/mol. The Kier molecular flexibility index (Phi) is 3.62. The summed E-state index contributed by atoms with van der Waals surface area (Å²) in [6, 6.07) is 6.96. The van der Waals surface area contributed by atoms with E-state index in [1.165, 1.54) is 12.0 Å². The number of hydrogen-bond acceptors (Lipinski definition) is 4. The first kappa shape index (κ1) is 12.6. The van der Waals surface area contributed by atoms with Gasteiger partial charge in [-0.25, -0.2) is 0 Å². The van der Waals surface area contributed by atoms with Crippen molar-refractivity contribution in [3.05, 3.63) is 29.8 Å². The quantitative estimate of drug-likeness (QED) is 0.772. The number of benzene rings is 1. The molecule has 18 heavy (non-hydrogen) atoms. The Morgan fingerprint density at radius 3 is 2.94 bits per heavy atom. The molecule has 1 unspecified atom stereocenters. The number of aryl methyl sites for hydroxylation is 1. The standard InChI is InChI=1S/C13H16N2O3/c1-18-12(16)8-15-11-5-3-2-4-9(11)6-7-10(14)13(15)17/h2-5,10H,6-8,14H2,1H3. The predicted octanol–water partition coefficient (Wildman–Crippen LogP) is 0.466. The molecule has 1 aromatic rings. The van der Waals surface area contributed by atoms with E-state index in [9.17, 15) is 9.59 Å². The van der Waals surface area contributed by atoms with Gasteiger partial charge in [-0.15, -0.1) is 0 Å². The van der Waals surface area contributed by atoms with Crippen molar-refractivity contribution in [2.75, 3.05) is 18.6 Å². The van der Waals surface area contributed by atoms with E-state index in [0.29, 0.717) is 6.42 Å². The molecule has 1 amide bonds. The van der Waals surface area contributed by atoms with Crippen LogP contribution < -0.4 is 10.6 Å². The van der Waals surface area contributed by atoms with Crippen LogP contribution >= 0.6 is 0 Å². The predicted molar refractivity (Wildman–Crippen MR) is 67.1 cm³/mol. The summed E-state index contributed by atoms with van der Waals surface area (Å²) < 4.78 is 4.62. The molecule has 2 N–H and O–H groups in total. The number of amides is 1. The number of ether oxygens (including phenoxy) is 1. The van der Waals surface area contributed by atoms with Crippen LogP contribution in [0, 0.1) is 0 Å². The van der Waals surface area contributed by atoms with E-state index in [0.717, 1.165) is 17.7 Å². The molecule has 0 bridgehead atoms. The van der Waals surface area contributed by atoms with Gasteiger partial charge in [0.15, 0.2) is 0 Å². The second-order valence-electron chi connectivity index (χ2n) is 4.27. The molecule has 0 radical (unpaired) electrons. The van der Waals surface area contributed by atoms with Crippen molar-refractivity contribution in [2.24, 2.45) is 5.73 Å². The SMILES string of the molecule is COC(=O)CN1C(=O)C(N)CCc2ccccc21. The topological polar surface area (TPSA) is 72.6 Å². The van der Waals surface area contributed by atoms with Gasteiger partial charge in [0.25, 0.3) is 0 Å². The van der Waals surface area contributed by atoms with E-state index in [1.807, 2.05) is 24.3 Å². The van der Waals surface area contributed by atoms with E-state index < -0.39 is 12.0 Å². The van der Waals surface area contributed by atoms with Crippen molar-refractivity contribution in [2.45, 2.75) is 18.9 Å². The maximum Gasteiger partial charge on any atom is 0.325 e. The van der Waals surface area contributed by atoms with E-state index in [1.54, 1.807) is 0 Å². The zero-order valence-corrected chi connectivity index (χ0v) is 10.3. The third-order valence-electron chi connectivity index (χ3n) is 3.11. The van der Waals surface area contributed by atoms with E-state index in [2.05, 4.69) is 4.74 Å². The summed E-state index contributed by atoms with van der Waals surface area (Å²) in [4.78, 5) is 25.0. The summed E-state index contributed by atoms with van der Waals surface area (Å²) in [5.41, 5.74) is 7.60. The molecule has 0 fully saturated rings. The van der Waals surface area contributed by atoms with Crippen LogP contribution in [0.1, 0.15) is 12.0 Å². The molecule has 1 aliphatic rings. The van der Waals surface area contributed by atoms with Gasteiger partial charge in [0.1, 0.15) is 6.54 Å². The number of carbonyl (C=O) groups excluding carboxylic acids is 2. The molecular formula is C13H16N2O3. The van der Waals surface area contributed by atoms with Crippen LogP contribution in [0.4, 0.5) is 5.69 Å². The Balaban J connectivity index is 2.38. The van der Waals surface area contributed by atoms with E-state index >= 15 is 0 Å². The summed E-state index contributed by atoms with van der Waals surface area (Å²) in [6.07, 6.45) is 1.33. The fraction of sp³-hybridized carbons (Fsp3) is 0.385. The summed E-state index contributed by atoms with van der Waals surface area (Å²) in [7, 11) is 1.30. The number of nitrogens with two attached hydrogens (primary N) is 1. The van der Waals surface area contributed by atoms with Crippen LogP contribution in [0.2, 0.25) is 0 Å². The second kappa shape index (κ2) is 5.18. The van der Waals surface area contributed by atoms with Crippen molar-refractivity contribution >= 4 is 17.6 Å². The number of anilines is 1. The molecule has 2 rings (SSSR count). The zero-order chi connectivity index (χ0) is 13.1. The Bertz CT molecular complexity index is 473. The van der Waals surface area contributed by atoms with Gasteiger partial charge in [0.2, 0.25) is 5.91 Å². The van der Waals surface area contributed by atoms with E-state index in [4.69, 9.17) is 5.73 Å². The summed E-state index contributed by atoms with van der Waals surface area (Å²) >= 11 is 0. The number of carbonyl (C=O) groups is 2. The van der Waals surface area contributed by atoms with Gasteiger partial charge >= 0.3 is 5.97 Å². The van der Waals surface area contributed by atoms with Gasteiger partial charge in [0, 0.05) is 5.69 Å². The minimum absolute atomic E-state index is 0.0972. The number of nitrogens with zero attached hydrogens (tertiary/aromatic N) is 1. The highest BCUT2D eigenvalue weighted by Crippen LogP contribution is 2.26. The summed E-state index contributed by atoms with van der Waals surface area (Å²) in [6.45, 7) is -0.0972. The average Bonchev–Trinajstić information content (AvgIpc) is 2.51. The van der Waals surface area contributed by atoms with Crippen molar-refractivity contribution in [3.8, 4) is 0 Å². The highest BCUT2D eigenvalue weighted by Gasteiger charge is 2.29. The third kappa shape index (κ3) is 2.36. The molecule has 0 saturated carbocycles. The molecule has 1 heterocycles. The maximum atomic E-state index is 12.2. The fourth-order valence-corrected chi connectivity index (χ4v) is 2.10. The molecule has 0 aromatic heterocycles. The van der Waals surface area contributed by atoms with Crippen LogP contribution in [-0.2, 0) is 20.7 Å². The van der Waals surface area contributed by atoms with Gasteiger partial charge in [-0.3, -0.25) is 14.5 Å². The Hall–Kier alpha value is -1.88. The minimum Gasteiger partial charge on any atom is -0.468 e. The smallest absolute Gasteiger partial charge is 0.325 e. The lowest BCUT2D eigenvalue weighted by molar-refractivity contribution is -0.140. The molecule has 5 heteroatoms. The zero-order valence-electron chi connectivity index (χ0n) is 10.3. The first-order chi connectivity index (χ1) is 8.63. The number of methoxy groups -OCH3 is 1. The molecule has 1 aliphatic heterocycles. The Morgan fingerprint density at radius 1 is 1.50 bits per heavy atom. The summed E-state index contributed by atoms with van der Waals surface area (Å²) in [5.74, 6) is -0.683. The lowest BCUT2D eigenvalue weighted by Crippen LogP contribution is -2.45. The monoisotopic (exact) mass is 248 g/mol. The third-order valence-corrected chi connectivity index (χ3v) is 3.11. The van der Waals surface area contributed by atoms with Crippen molar-refractivity contribution in [3.63, 3.8) is 0 Å². The van der Waals surface area contributed by atoms with Crippen molar-refractivity contribution in [1.29, 1.82) is 0 Å². The highest BCUT2D eigenvalue weighted by atomic mass is 16.5. The van der Waals surface area contributed by atoms with Gasteiger partial charge in [-0.05, 0) is 24.5 Å². The highest BCUT2D eigenvalue weighted by molar-refractivity contribution is 6.01. The van der Waals surface area contributed by atoms with E-state index in [-0.39, 0.29) is 12.5 Å². The molecule has 0 spiro atoms. The molecule has 0 saturated heterocycles.